The molecule has 0 unspecified atom stereocenters. The van der Waals surface area contributed by atoms with Crippen molar-refractivity contribution in [1.82, 2.24) is 5.32 Å². The largest absolute Gasteiger partial charge is 0.494 e. The summed E-state index contributed by atoms with van der Waals surface area (Å²) in [5.74, 6) is 2.30. The Kier molecular flexibility index (Phi) is 3.86. The van der Waals surface area contributed by atoms with Gasteiger partial charge in [0, 0.05) is 22.7 Å². The van der Waals surface area contributed by atoms with E-state index >= 15 is 0 Å². The number of hydrogen-bond acceptors (Lipinski definition) is 3. The van der Waals surface area contributed by atoms with E-state index in [0.29, 0.717) is 18.4 Å². The first-order chi connectivity index (χ1) is 11.0. The molecule has 4 aliphatic carbocycles. The Morgan fingerprint density at radius 1 is 1.26 bits per heavy atom. The lowest BCUT2D eigenvalue weighted by Gasteiger charge is -2.60. The summed E-state index contributed by atoms with van der Waals surface area (Å²) in [6.07, 6.45) is 6.64. The van der Waals surface area contributed by atoms with Gasteiger partial charge in [-0.3, -0.25) is 0 Å². The van der Waals surface area contributed by atoms with Gasteiger partial charge in [-0.25, -0.2) is 0 Å². The standard InChI is InChI=1S/C19H26ClNO2/c1-2-23-17-4-3-16(20)6-15(17)11-21-18-7-13-5-14(8-18)10-19(22,9-13)12-18/h3-4,6,13-14,21-22H,2,5,7-12H2,1H3/t13-,14-,18?,19?/m0/s1. The van der Waals surface area contributed by atoms with Gasteiger partial charge in [0.2, 0.25) is 0 Å². The van der Waals surface area contributed by atoms with E-state index in [-0.39, 0.29) is 5.54 Å². The number of rotatable bonds is 5. The lowest BCUT2D eigenvalue weighted by atomic mass is 9.51. The highest BCUT2D eigenvalue weighted by Crippen LogP contribution is 2.57. The molecule has 0 radical (unpaired) electrons. The van der Waals surface area contributed by atoms with Crippen LogP contribution in [0.25, 0.3) is 0 Å². The third-order valence-electron chi connectivity index (χ3n) is 6.01. The number of aliphatic hydroxyl groups is 1. The number of nitrogens with one attached hydrogen (secondary N) is 1. The van der Waals surface area contributed by atoms with Crippen LogP contribution in [-0.4, -0.2) is 22.9 Å². The van der Waals surface area contributed by atoms with Crippen LogP contribution in [0.4, 0.5) is 0 Å². The summed E-state index contributed by atoms with van der Waals surface area (Å²) in [6.45, 7) is 3.41. The molecule has 2 atom stereocenters. The lowest BCUT2D eigenvalue weighted by molar-refractivity contribution is -0.142. The molecule has 4 aliphatic rings. The lowest BCUT2D eigenvalue weighted by Crippen LogP contribution is -2.64. The van der Waals surface area contributed by atoms with Gasteiger partial charge in [0.1, 0.15) is 5.75 Å². The molecule has 1 aromatic carbocycles. The number of halogens is 1. The third kappa shape index (κ3) is 2.99. The van der Waals surface area contributed by atoms with Crippen LogP contribution in [0.15, 0.2) is 18.2 Å². The van der Waals surface area contributed by atoms with Crippen molar-refractivity contribution in [3.63, 3.8) is 0 Å². The fourth-order valence-corrected chi connectivity index (χ4v) is 5.88. The average Bonchev–Trinajstić information content (AvgIpc) is 2.45. The zero-order chi connectivity index (χ0) is 16.1. The van der Waals surface area contributed by atoms with Crippen LogP contribution in [0.1, 0.15) is 51.0 Å². The summed E-state index contributed by atoms with van der Waals surface area (Å²) >= 11 is 6.17. The predicted octanol–water partition coefficient (Wildman–Crippen LogP) is 3.91. The Morgan fingerprint density at radius 3 is 2.65 bits per heavy atom. The maximum atomic E-state index is 10.9. The van der Waals surface area contributed by atoms with E-state index in [1.54, 1.807) is 0 Å². The van der Waals surface area contributed by atoms with Crippen molar-refractivity contribution >= 4 is 11.6 Å². The number of benzene rings is 1. The van der Waals surface area contributed by atoms with Crippen LogP contribution in [-0.2, 0) is 6.54 Å². The summed E-state index contributed by atoms with van der Waals surface area (Å²) in [7, 11) is 0. The number of hydrogen-bond donors (Lipinski definition) is 2. The van der Waals surface area contributed by atoms with E-state index in [1.807, 2.05) is 25.1 Å². The van der Waals surface area contributed by atoms with Crippen LogP contribution in [0.2, 0.25) is 5.02 Å². The topological polar surface area (TPSA) is 41.5 Å². The molecule has 4 fully saturated rings. The van der Waals surface area contributed by atoms with Crippen molar-refractivity contribution < 1.29 is 9.84 Å². The molecule has 0 heterocycles. The van der Waals surface area contributed by atoms with Crippen LogP contribution >= 0.6 is 11.6 Å². The summed E-state index contributed by atoms with van der Waals surface area (Å²) in [5, 5.41) is 15.4. The second-order valence-corrected chi connectivity index (χ2v) is 8.44. The Morgan fingerprint density at radius 2 is 2.00 bits per heavy atom. The Balaban J connectivity index is 1.52. The fourth-order valence-electron chi connectivity index (χ4n) is 5.69. The molecule has 0 saturated heterocycles. The predicted molar refractivity (Wildman–Crippen MR) is 91.8 cm³/mol. The van der Waals surface area contributed by atoms with Crippen LogP contribution in [0.3, 0.4) is 0 Å². The molecule has 0 aromatic heterocycles. The minimum absolute atomic E-state index is 0.102. The van der Waals surface area contributed by atoms with Gasteiger partial charge in [0.25, 0.3) is 0 Å². The highest BCUT2D eigenvalue weighted by molar-refractivity contribution is 6.30. The summed E-state index contributed by atoms with van der Waals surface area (Å²) < 4.78 is 5.74. The maximum Gasteiger partial charge on any atom is 0.123 e. The zero-order valence-corrected chi connectivity index (χ0v) is 14.5. The summed E-state index contributed by atoms with van der Waals surface area (Å²) in [5.41, 5.74) is 0.792. The van der Waals surface area contributed by atoms with Gasteiger partial charge >= 0.3 is 0 Å². The monoisotopic (exact) mass is 335 g/mol. The molecular weight excluding hydrogens is 310 g/mol. The molecule has 4 saturated carbocycles. The van der Waals surface area contributed by atoms with E-state index in [2.05, 4.69) is 5.32 Å². The first-order valence-corrected chi connectivity index (χ1v) is 9.26. The quantitative estimate of drug-likeness (QED) is 0.857. The minimum atomic E-state index is -0.422. The summed E-state index contributed by atoms with van der Waals surface area (Å²) in [4.78, 5) is 0. The number of ether oxygens (including phenoxy) is 1. The van der Waals surface area contributed by atoms with Gasteiger partial charge in [-0.05, 0) is 75.5 Å². The van der Waals surface area contributed by atoms with E-state index < -0.39 is 5.60 Å². The maximum absolute atomic E-state index is 10.9. The second kappa shape index (κ2) is 5.65. The highest BCUT2D eigenvalue weighted by atomic mass is 35.5. The van der Waals surface area contributed by atoms with Gasteiger partial charge in [-0.2, -0.15) is 0 Å². The molecule has 23 heavy (non-hydrogen) atoms. The SMILES string of the molecule is CCOc1ccc(Cl)cc1CNC12C[C@@H]3C[C@H](CC(O)(C3)C1)C2. The van der Waals surface area contributed by atoms with E-state index in [4.69, 9.17) is 16.3 Å². The Hall–Kier alpha value is -0.770. The van der Waals surface area contributed by atoms with Crippen LogP contribution < -0.4 is 10.1 Å². The first-order valence-electron chi connectivity index (χ1n) is 8.88. The fraction of sp³-hybridized carbons (Fsp3) is 0.684. The molecule has 4 bridgehead atoms. The molecule has 4 heteroatoms. The van der Waals surface area contributed by atoms with Crippen molar-refractivity contribution in [3.8, 4) is 5.75 Å². The van der Waals surface area contributed by atoms with Crippen molar-refractivity contribution in [3.05, 3.63) is 28.8 Å². The van der Waals surface area contributed by atoms with E-state index in [9.17, 15) is 5.11 Å². The van der Waals surface area contributed by atoms with Crippen LogP contribution in [0.5, 0.6) is 5.75 Å². The van der Waals surface area contributed by atoms with Gasteiger partial charge < -0.3 is 15.2 Å². The smallest absolute Gasteiger partial charge is 0.123 e. The van der Waals surface area contributed by atoms with Crippen LogP contribution in [0, 0.1) is 11.8 Å². The molecule has 5 rings (SSSR count). The third-order valence-corrected chi connectivity index (χ3v) is 6.24. The normalized spacial score (nSPS) is 38.0. The Bertz CT molecular complexity index is 589. The van der Waals surface area contributed by atoms with Gasteiger partial charge in [0.05, 0.1) is 12.2 Å². The highest BCUT2D eigenvalue weighted by Gasteiger charge is 2.56. The zero-order valence-electron chi connectivity index (χ0n) is 13.8. The molecule has 1 aromatic rings. The molecule has 0 aliphatic heterocycles. The van der Waals surface area contributed by atoms with Gasteiger partial charge in [0.15, 0.2) is 0 Å². The molecule has 3 nitrogen and oxygen atoms in total. The van der Waals surface area contributed by atoms with Gasteiger partial charge in [-0.15, -0.1) is 0 Å². The van der Waals surface area contributed by atoms with E-state index in [0.717, 1.165) is 42.1 Å². The first kappa shape index (κ1) is 15.7. The molecule has 0 amide bonds. The van der Waals surface area contributed by atoms with E-state index in [1.165, 1.54) is 19.3 Å². The van der Waals surface area contributed by atoms with Crippen molar-refractivity contribution in [1.29, 1.82) is 0 Å². The van der Waals surface area contributed by atoms with Gasteiger partial charge in [-0.1, -0.05) is 11.6 Å². The van der Waals surface area contributed by atoms with Crippen molar-refractivity contribution in [2.45, 2.75) is 63.1 Å². The molecule has 2 N–H and O–H groups in total. The van der Waals surface area contributed by atoms with Crippen molar-refractivity contribution in [2.24, 2.45) is 11.8 Å². The average molecular weight is 336 g/mol. The molecular formula is C19H26ClNO2. The molecule has 0 spiro atoms. The van der Waals surface area contributed by atoms with Crippen molar-refractivity contribution in [2.75, 3.05) is 6.61 Å². The minimum Gasteiger partial charge on any atom is -0.494 e. The Labute approximate surface area is 143 Å². The summed E-state index contributed by atoms with van der Waals surface area (Å²) in [6, 6.07) is 5.83. The second-order valence-electron chi connectivity index (χ2n) is 8.00. The molecule has 126 valence electrons.